The first-order valence-electron chi connectivity index (χ1n) is 8.08. The van der Waals surface area contributed by atoms with E-state index in [1.807, 2.05) is 4.90 Å². The second-order valence-corrected chi connectivity index (χ2v) is 5.91. The monoisotopic (exact) mass is 283 g/mol. The van der Waals surface area contributed by atoms with Crippen molar-refractivity contribution in [3.63, 3.8) is 0 Å². The highest BCUT2D eigenvalue weighted by atomic mass is 16.5. The molecule has 2 heterocycles. The maximum atomic E-state index is 12.3. The molecule has 2 saturated heterocycles. The average Bonchev–Trinajstić information content (AvgIpc) is 2.50. The molecule has 0 aromatic rings. The van der Waals surface area contributed by atoms with E-state index in [4.69, 9.17) is 10.5 Å². The molecule has 2 aliphatic heterocycles. The molecule has 2 N–H and O–H groups in total. The van der Waals surface area contributed by atoms with Gasteiger partial charge in [-0.2, -0.15) is 0 Å². The van der Waals surface area contributed by atoms with Crippen LogP contribution in [0.2, 0.25) is 0 Å². The molecule has 2 atom stereocenters. The van der Waals surface area contributed by atoms with Gasteiger partial charge < -0.3 is 15.4 Å². The lowest BCUT2D eigenvalue weighted by Crippen LogP contribution is -2.53. The van der Waals surface area contributed by atoms with Gasteiger partial charge in [0, 0.05) is 45.4 Å². The minimum atomic E-state index is 0.154. The summed E-state index contributed by atoms with van der Waals surface area (Å²) >= 11 is 0. The summed E-state index contributed by atoms with van der Waals surface area (Å²) in [4.78, 5) is 16.7. The second kappa shape index (κ2) is 7.96. The molecule has 0 radical (unpaired) electrons. The summed E-state index contributed by atoms with van der Waals surface area (Å²) in [5.74, 6) is 0.261. The predicted octanol–water partition coefficient (Wildman–Crippen LogP) is 0.827. The zero-order valence-electron chi connectivity index (χ0n) is 12.7. The molecule has 5 heteroatoms. The molecular weight excluding hydrogens is 254 g/mol. The van der Waals surface area contributed by atoms with Crippen LogP contribution < -0.4 is 5.73 Å². The molecule has 0 saturated carbocycles. The van der Waals surface area contributed by atoms with E-state index in [9.17, 15) is 4.79 Å². The SMILES string of the molecule is CCC(CN)N1CCN(C(=O)CC2CCCCO2)CC1. The van der Waals surface area contributed by atoms with Crippen LogP contribution in [-0.4, -0.2) is 67.2 Å². The molecule has 2 unspecified atom stereocenters. The van der Waals surface area contributed by atoms with Crippen LogP contribution in [0.4, 0.5) is 0 Å². The van der Waals surface area contributed by atoms with Crippen LogP contribution in [0.3, 0.4) is 0 Å². The number of carbonyl (C=O) groups excluding carboxylic acids is 1. The molecule has 0 bridgehead atoms. The Hall–Kier alpha value is -0.650. The summed E-state index contributed by atoms with van der Waals surface area (Å²) < 4.78 is 5.66. The van der Waals surface area contributed by atoms with Crippen molar-refractivity contribution < 1.29 is 9.53 Å². The van der Waals surface area contributed by atoms with Crippen LogP contribution in [-0.2, 0) is 9.53 Å². The van der Waals surface area contributed by atoms with Gasteiger partial charge in [0.25, 0.3) is 0 Å². The van der Waals surface area contributed by atoms with Crippen molar-refractivity contribution in [3.8, 4) is 0 Å². The highest BCUT2D eigenvalue weighted by Crippen LogP contribution is 2.17. The van der Waals surface area contributed by atoms with Crippen molar-refractivity contribution in [1.82, 2.24) is 9.80 Å². The number of nitrogens with two attached hydrogens (primary N) is 1. The molecule has 2 fully saturated rings. The predicted molar refractivity (Wildman–Crippen MR) is 79.5 cm³/mol. The molecule has 0 aliphatic carbocycles. The Balaban J connectivity index is 1.73. The van der Waals surface area contributed by atoms with Crippen molar-refractivity contribution in [3.05, 3.63) is 0 Å². The Labute approximate surface area is 122 Å². The number of piperazine rings is 1. The smallest absolute Gasteiger partial charge is 0.225 e. The topological polar surface area (TPSA) is 58.8 Å². The van der Waals surface area contributed by atoms with Crippen LogP contribution in [0, 0.1) is 0 Å². The summed E-state index contributed by atoms with van der Waals surface area (Å²) in [5.41, 5.74) is 5.79. The third-order valence-corrected chi connectivity index (χ3v) is 4.60. The van der Waals surface area contributed by atoms with Crippen molar-refractivity contribution in [1.29, 1.82) is 0 Å². The van der Waals surface area contributed by atoms with Crippen molar-refractivity contribution in [2.75, 3.05) is 39.3 Å². The van der Waals surface area contributed by atoms with Gasteiger partial charge in [-0.1, -0.05) is 6.92 Å². The fourth-order valence-corrected chi connectivity index (χ4v) is 3.20. The Morgan fingerprint density at radius 2 is 2.05 bits per heavy atom. The number of amides is 1. The zero-order chi connectivity index (χ0) is 14.4. The molecule has 20 heavy (non-hydrogen) atoms. The summed E-state index contributed by atoms with van der Waals surface area (Å²) in [6.07, 6.45) is 5.17. The van der Waals surface area contributed by atoms with Gasteiger partial charge in [0.15, 0.2) is 0 Å². The molecule has 5 nitrogen and oxygen atoms in total. The van der Waals surface area contributed by atoms with Crippen LogP contribution >= 0.6 is 0 Å². The van der Waals surface area contributed by atoms with Gasteiger partial charge in [-0.3, -0.25) is 9.69 Å². The standard InChI is InChI=1S/C15H29N3O2/c1-2-13(12-16)17-6-8-18(9-7-17)15(19)11-14-5-3-4-10-20-14/h13-14H,2-12,16H2,1H3. The molecule has 0 aromatic heterocycles. The van der Waals surface area contributed by atoms with Crippen LogP contribution in [0.5, 0.6) is 0 Å². The quantitative estimate of drug-likeness (QED) is 0.812. The van der Waals surface area contributed by atoms with E-state index in [0.29, 0.717) is 19.0 Å². The molecule has 1 amide bonds. The van der Waals surface area contributed by atoms with Crippen LogP contribution in [0.1, 0.15) is 39.0 Å². The van der Waals surface area contributed by atoms with Crippen molar-refractivity contribution >= 4 is 5.91 Å². The van der Waals surface area contributed by atoms with Gasteiger partial charge in [-0.25, -0.2) is 0 Å². The van der Waals surface area contributed by atoms with Crippen molar-refractivity contribution in [2.24, 2.45) is 5.73 Å². The van der Waals surface area contributed by atoms with Gasteiger partial charge in [0.1, 0.15) is 0 Å². The normalized spacial score (nSPS) is 26.5. The molecular formula is C15H29N3O2. The molecule has 0 aromatic carbocycles. The Kier molecular flexibility index (Phi) is 6.26. The maximum absolute atomic E-state index is 12.3. The van der Waals surface area contributed by atoms with E-state index in [1.165, 1.54) is 6.42 Å². The highest BCUT2D eigenvalue weighted by molar-refractivity contribution is 5.76. The van der Waals surface area contributed by atoms with Crippen LogP contribution in [0.15, 0.2) is 0 Å². The highest BCUT2D eigenvalue weighted by Gasteiger charge is 2.26. The van der Waals surface area contributed by atoms with E-state index in [0.717, 1.165) is 52.0 Å². The lowest BCUT2D eigenvalue weighted by molar-refractivity contribution is -0.137. The van der Waals surface area contributed by atoms with Gasteiger partial charge in [0.2, 0.25) is 5.91 Å². The Morgan fingerprint density at radius 3 is 2.60 bits per heavy atom. The van der Waals surface area contributed by atoms with Crippen molar-refractivity contribution in [2.45, 2.75) is 51.2 Å². The van der Waals surface area contributed by atoms with E-state index < -0.39 is 0 Å². The van der Waals surface area contributed by atoms with Crippen LogP contribution in [0.25, 0.3) is 0 Å². The molecule has 2 aliphatic rings. The maximum Gasteiger partial charge on any atom is 0.225 e. The van der Waals surface area contributed by atoms with Gasteiger partial charge in [-0.05, 0) is 25.7 Å². The summed E-state index contributed by atoms with van der Waals surface area (Å²) in [6.45, 7) is 7.28. The van der Waals surface area contributed by atoms with Gasteiger partial charge >= 0.3 is 0 Å². The molecule has 116 valence electrons. The first kappa shape index (κ1) is 15.7. The minimum absolute atomic E-state index is 0.154. The lowest BCUT2D eigenvalue weighted by Gasteiger charge is -2.39. The minimum Gasteiger partial charge on any atom is -0.378 e. The number of rotatable bonds is 5. The van der Waals surface area contributed by atoms with Gasteiger partial charge in [-0.15, -0.1) is 0 Å². The molecule has 2 rings (SSSR count). The largest absolute Gasteiger partial charge is 0.378 e. The lowest BCUT2D eigenvalue weighted by atomic mass is 10.1. The first-order valence-corrected chi connectivity index (χ1v) is 8.08. The van der Waals surface area contributed by atoms with E-state index >= 15 is 0 Å². The Morgan fingerprint density at radius 1 is 1.30 bits per heavy atom. The second-order valence-electron chi connectivity index (χ2n) is 5.91. The summed E-state index contributed by atoms with van der Waals surface area (Å²) in [7, 11) is 0. The number of hydrogen-bond acceptors (Lipinski definition) is 4. The zero-order valence-corrected chi connectivity index (χ0v) is 12.7. The average molecular weight is 283 g/mol. The number of ether oxygens (including phenoxy) is 1. The fourth-order valence-electron chi connectivity index (χ4n) is 3.20. The van der Waals surface area contributed by atoms with Gasteiger partial charge in [0.05, 0.1) is 12.5 Å². The fraction of sp³-hybridized carbons (Fsp3) is 0.933. The summed E-state index contributed by atoms with van der Waals surface area (Å²) in [5, 5.41) is 0. The molecule has 0 spiro atoms. The number of nitrogens with zero attached hydrogens (tertiary/aromatic N) is 2. The van der Waals surface area contributed by atoms with E-state index in [-0.39, 0.29) is 12.0 Å². The first-order chi connectivity index (χ1) is 9.74. The number of carbonyl (C=O) groups is 1. The summed E-state index contributed by atoms with van der Waals surface area (Å²) in [6, 6.07) is 0.467. The third kappa shape index (κ3) is 4.17. The number of hydrogen-bond donors (Lipinski definition) is 1. The van der Waals surface area contributed by atoms with E-state index in [2.05, 4.69) is 11.8 Å². The van der Waals surface area contributed by atoms with E-state index in [1.54, 1.807) is 0 Å². The third-order valence-electron chi connectivity index (χ3n) is 4.60. The Bertz CT molecular complexity index is 293.